The SMILES string of the molecule is COc1ccc(C(=O)NCCOc2ccccc2C(C)C)cc1OC. The summed E-state index contributed by atoms with van der Waals surface area (Å²) in [5.41, 5.74) is 1.67. The molecule has 0 saturated heterocycles. The van der Waals surface area contributed by atoms with Crippen molar-refractivity contribution in [3.63, 3.8) is 0 Å². The van der Waals surface area contributed by atoms with Gasteiger partial charge in [0.25, 0.3) is 5.91 Å². The number of carbonyl (C=O) groups is 1. The second-order valence-electron chi connectivity index (χ2n) is 5.87. The van der Waals surface area contributed by atoms with Crippen LogP contribution in [0.25, 0.3) is 0 Å². The fourth-order valence-corrected chi connectivity index (χ4v) is 2.49. The third-order valence-corrected chi connectivity index (χ3v) is 3.83. The van der Waals surface area contributed by atoms with Crippen LogP contribution in [-0.4, -0.2) is 33.3 Å². The molecule has 0 atom stereocenters. The highest BCUT2D eigenvalue weighted by Crippen LogP contribution is 2.27. The lowest BCUT2D eigenvalue weighted by Gasteiger charge is -2.14. The van der Waals surface area contributed by atoms with Crippen molar-refractivity contribution in [3.8, 4) is 17.2 Å². The van der Waals surface area contributed by atoms with E-state index in [4.69, 9.17) is 14.2 Å². The third-order valence-electron chi connectivity index (χ3n) is 3.83. The molecule has 0 heterocycles. The standard InChI is InChI=1S/C20H25NO4/c1-14(2)16-7-5-6-8-17(16)25-12-11-21-20(22)15-9-10-18(23-3)19(13-15)24-4/h5-10,13-14H,11-12H2,1-4H3,(H,21,22). The van der Waals surface area contributed by atoms with Gasteiger partial charge in [0.2, 0.25) is 0 Å². The molecule has 0 unspecified atom stereocenters. The zero-order valence-electron chi connectivity index (χ0n) is 15.2. The first kappa shape index (κ1) is 18.6. The molecule has 0 aliphatic carbocycles. The molecular weight excluding hydrogens is 318 g/mol. The van der Waals surface area contributed by atoms with Gasteiger partial charge in [0, 0.05) is 5.56 Å². The monoisotopic (exact) mass is 343 g/mol. The lowest BCUT2D eigenvalue weighted by molar-refractivity contribution is 0.0946. The van der Waals surface area contributed by atoms with E-state index in [1.54, 1.807) is 32.4 Å². The topological polar surface area (TPSA) is 56.8 Å². The Bertz CT molecular complexity index is 713. The number of rotatable bonds is 8. The van der Waals surface area contributed by atoms with Gasteiger partial charge in [-0.1, -0.05) is 32.0 Å². The van der Waals surface area contributed by atoms with Gasteiger partial charge in [-0.05, 0) is 35.7 Å². The molecule has 0 bridgehead atoms. The minimum atomic E-state index is -0.179. The first-order valence-corrected chi connectivity index (χ1v) is 8.28. The van der Waals surface area contributed by atoms with E-state index in [1.165, 1.54) is 0 Å². The number of para-hydroxylation sites is 1. The summed E-state index contributed by atoms with van der Waals surface area (Å²) >= 11 is 0. The Morgan fingerprint density at radius 2 is 1.72 bits per heavy atom. The lowest BCUT2D eigenvalue weighted by Crippen LogP contribution is -2.28. The van der Waals surface area contributed by atoms with Gasteiger partial charge >= 0.3 is 0 Å². The van der Waals surface area contributed by atoms with Gasteiger partial charge in [-0.15, -0.1) is 0 Å². The highest BCUT2D eigenvalue weighted by atomic mass is 16.5. The molecule has 2 rings (SSSR count). The minimum absolute atomic E-state index is 0.179. The van der Waals surface area contributed by atoms with Crippen molar-refractivity contribution in [1.82, 2.24) is 5.32 Å². The fraction of sp³-hybridized carbons (Fsp3) is 0.350. The van der Waals surface area contributed by atoms with Gasteiger partial charge < -0.3 is 19.5 Å². The Hall–Kier alpha value is -2.69. The third kappa shape index (κ3) is 4.89. The first-order valence-electron chi connectivity index (χ1n) is 8.28. The molecule has 5 nitrogen and oxygen atoms in total. The molecule has 0 aliphatic rings. The summed E-state index contributed by atoms with van der Waals surface area (Å²) < 4.78 is 16.2. The molecule has 2 aromatic carbocycles. The number of hydrogen-bond acceptors (Lipinski definition) is 4. The zero-order valence-corrected chi connectivity index (χ0v) is 15.2. The van der Waals surface area contributed by atoms with Crippen LogP contribution in [0, 0.1) is 0 Å². The molecule has 1 amide bonds. The summed E-state index contributed by atoms with van der Waals surface area (Å²) in [6.07, 6.45) is 0. The van der Waals surface area contributed by atoms with Crippen molar-refractivity contribution in [2.75, 3.05) is 27.4 Å². The fourth-order valence-electron chi connectivity index (χ4n) is 2.49. The highest BCUT2D eigenvalue weighted by molar-refractivity contribution is 5.94. The Labute approximate surface area is 148 Å². The number of amides is 1. The Balaban J connectivity index is 1.89. The van der Waals surface area contributed by atoms with Crippen molar-refractivity contribution < 1.29 is 19.0 Å². The van der Waals surface area contributed by atoms with Crippen molar-refractivity contribution in [1.29, 1.82) is 0 Å². The molecule has 0 saturated carbocycles. The van der Waals surface area contributed by atoms with E-state index in [0.717, 1.165) is 11.3 Å². The average Bonchev–Trinajstić information content (AvgIpc) is 2.64. The zero-order chi connectivity index (χ0) is 18.2. The molecule has 1 N–H and O–H groups in total. The van der Waals surface area contributed by atoms with Crippen LogP contribution in [0.3, 0.4) is 0 Å². The Morgan fingerprint density at radius 1 is 1.00 bits per heavy atom. The predicted octanol–water partition coefficient (Wildman–Crippen LogP) is 3.64. The molecule has 0 radical (unpaired) electrons. The molecule has 2 aromatic rings. The smallest absolute Gasteiger partial charge is 0.251 e. The second-order valence-corrected chi connectivity index (χ2v) is 5.87. The molecule has 0 aliphatic heterocycles. The van der Waals surface area contributed by atoms with Crippen LogP contribution in [0.5, 0.6) is 17.2 Å². The Kier molecular flexibility index (Phi) is 6.69. The summed E-state index contributed by atoms with van der Waals surface area (Å²) in [6.45, 7) is 5.07. The molecule has 0 spiro atoms. The van der Waals surface area contributed by atoms with Gasteiger partial charge in [0.1, 0.15) is 12.4 Å². The number of carbonyl (C=O) groups excluding carboxylic acids is 1. The Morgan fingerprint density at radius 3 is 2.40 bits per heavy atom. The molecule has 0 fully saturated rings. The number of nitrogens with one attached hydrogen (secondary N) is 1. The van der Waals surface area contributed by atoms with Crippen molar-refractivity contribution in [2.45, 2.75) is 19.8 Å². The van der Waals surface area contributed by atoms with E-state index in [0.29, 0.717) is 36.1 Å². The largest absolute Gasteiger partial charge is 0.493 e. The molecule has 134 valence electrons. The number of ether oxygens (including phenoxy) is 3. The second kappa shape index (κ2) is 8.97. The van der Waals surface area contributed by atoms with E-state index in [-0.39, 0.29) is 5.91 Å². The van der Waals surface area contributed by atoms with Crippen LogP contribution in [0.2, 0.25) is 0 Å². The van der Waals surface area contributed by atoms with Gasteiger partial charge in [-0.3, -0.25) is 4.79 Å². The van der Waals surface area contributed by atoms with Crippen molar-refractivity contribution in [2.24, 2.45) is 0 Å². The summed E-state index contributed by atoms with van der Waals surface area (Å²) in [7, 11) is 3.10. The first-order chi connectivity index (χ1) is 12.1. The van der Waals surface area contributed by atoms with Crippen LogP contribution < -0.4 is 19.5 Å². The summed E-state index contributed by atoms with van der Waals surface area (Å²) in [6, 6.07) is 13.0. The minimum Gasteiger partial charge on any atom is -0.493 e. The molecule has 5 heteroatoms. The summed E-state index contributed by atoms with van der Waals surface area (Å²) in [5.74, 6) is 2.18. The van der Waals surface area contributed by atoms with E-state index in [9.17, 15) is 4.79 Å². The van der Waals surface area contributed by atoms with Gasteiger partial charge in [0.15, 0.2) is 11.5 Å². The van der Waals surface area contributed by atoms with Crippen LogP contribution >= 0.6 is 0 Å². The molecule has 0 aromatic heterocycles. The molecule has 25 heavy (non-hydrogen) atoms. The van der Waals surface area contributed by atoms with Crippen molar-refractivity contribution >= 4 is 5.91 Å². The number of benzene rings is 2. The maximum Gasteiger partial charge on any atom is 0.251 e. The number of hydrogen-bond donors (Lipinski definition) is 1. The van der Waals surface area contributed by atoms with E-state index in [1.807, 2.05) is 18.2 Å². The quantitative estimate of drug-likeness (QED) is 0.744. The average molecular weight is 343 g/mol. The van der Waals surface area contributed by atoms with E-state index in [2.05, 4.69) is 25.2 Å². The predicted molar refractivity (Wildman–Crippen MR) is 97.9 cm³/mol. The maximum atomic E-state index is 12.2. The maximum absolute atomic E-state index is 12.2. The molecular formula is C20H25NO4. The van der Waals surface area contributed by atoms with E-state index < -0.39 is 0 Å². The number of methoxy groups -OCH3 is 2. The van der Waals surface area contributed by atoms with Gasteiger partial charge in [0.05, 0.1) is 20.8 Å². The lowest BCUT2D eigenvalue weighted by atomic mass is 10.0. The van der Waals surface area contributed by atoms with Gasteiger partial charge in [-0.25, -0.2) is 0 Å². The summed E-state index contributed by atoms with van der Waals surface area (Å²) in [4.78, 5) is 12.2. The van der Waals surface area contributed by atoms with Crippen LogP contribution in [0.1, 0.15) is 35.7 Å². The summed E-state index contributed by atoms with van der Waals surface area (Å²) in [5, 5.41) is 2.85. The van der Waals surface area contributed by atoms with E-state index >= 15 is 0 Å². The van der Waals surface area contributed by atoms with Crippen LogP contribution in [0.4, 0.5) is 0 Å². The van der Waals surface area contributed by atoms with Crippen LogP contribution in [-0.2, 0) is 0 Å². The van der Waals surface area contributed by atoms with Crippen LogP contribution in [0.15, 0.2) is 42.5 Å². The van der Waals surface area contributed by atoms with Gasteiger partial charge in [-0.2, -0.15) is 0 Å². The normalized spacial score (nSPS) is 10.4. The van der Waals surface area contributed by atoms with Crippen molar-refractivity contribution in [3.05, 3.63) is 53.6 Å². The highest BCUT2D eigenvalue weighted by Gasteiger charge is 2.11.